The molecule has 10 heteroatoms. The molecule has 1 aliphatic heterocycles. The number of rotatable bonds is 7. The highest BCUT2D eigenvalue weighted by molar-refractivity contribution is 7.22. The van der Waals surface area contributed by atoms with Crippen LogP contribution in [0.3, 0.4) is 0 Å². The molecule has 31 heavy (non-hydrogen) atoms. The Balaban J connectivity index is 1.27. The second-order valence-corrected chi connectivity index (χ2v) is 8.91. The smallest absolute Gasteiger partial charge is 0.269 e. The lowest BCUT2D eigenvalue weighted by molar-refractivity contribution is -0.384. The van der Waals surface area contributed by atoms with Gasteiger partial charge >= 0.3 is 0 Å². The van der Waals surface area contributed by atoms with Gasteiger partial charge in [0.05, 0.1) is 15.1 Å². The van der Waals surface area contributed by atoms with E-state index in [1.807, 2.05) is 18.2 Å². The number of nitro benzene ring substituents is 1. The summed E-state index contributed by atoms with van der Waals surface area (Å²) in [5.74, 6) is 0.502. The first-order valence-electron chi connectivity index (χ1n) is 10.1. The Bertz CT molecular complexity index is 1050. The molecule has 3 aromatic rings. The van der Waals surface area contributed by atoms with E-state index in [0.29, 0.717) is 12.3 Å². The Kier molecular flexibility index (Phi) is 6.86. The minimum absolute atomic E-state index is 0.0123. The fourth-order valence-corrected chi connectivity index (χ4v) is 4.87. The monoisotopic (exact) mass is 462 g/mol. The van der Waals surface area contributed by atoms with Crippen molar-refractivity contribution in [2.24, 2.45) is 0 Å². The van der Waals surface area contributed by atoms with Gasteiger partial charge in [-0.15, -0.1) is 0 Å². The summed E-state index contributed by atoms with van der Waals surface area (Å²) in [5, 5.41) is 22.8. The number of halogens is 1. The van der Waals surface area contributed by atoms with Crippen molar-refractivity contribution >= 4 is 44.0 Å². The van der Waals surface area contributed by atoms with Crippen molar-refractivity contribution < 1.29 is 14.8 Å². The lowest BCUT2D eigenvalue weighted by Gasteiger charge is -2.24. The van der Waals surface area contributed by atoms with Gasteiger partial charge in [0.1, 0.15) is 18.5 Å². The Morgan fingerprint density at radius 3 is 2.77 bits per heavy atom. The first kappa shape index (κ1) is 21.8. The number of aliphatic hydroxyl groups is 1. The Labute approximate surface area is 188 Å². The van der Waals surface area contributed by atoms with Crippen LogP contribution >= 0.6 is 22.9 Å². The standard InChI is InChI=1S/C21H23ClN4O4S/c22-15-2-7-19-20(12-15)31-21(23-19)25-9-1-8-24(10-11-25)13-17(27)14-30-18-5-3-16(4-6-18)26(28)29/h2-7,12,17,27H,1,8-11,13-14H2/t17-/m1/s1. The third-order valence-corrected chi connectivity index (χ3v) is 6.47. The van der Waals surface area contributed by atoms with Crippen LogP contribution in [-0.4, -0.2) is 65.3 Å². The van der Waals surface area contributed by atoms with E-state index in [0.717, 1.165) is 53.0 Å². The first-order chi connectivity index (χ1) is 15.0. The average molecular weight is 463 g/mol. The average Bonchev–Trinajstić information content (AvgIpc) is 3.03. The summed E-state index contributed by atoms with van der Waals surface area (Å²) in [6.45, 7) is 4.11. The molecule has 0 bridgehead atoms. The topological polar surface area (TPSA) is 92.0 Å². The number of aromatic nitrogens is 1. The summed E-state index contributed by atoms with van der Waals surface area (Å²) >= 11 is 7.74. The van der Waals surface area contributed by atoms with Gasteiger partial charge in [-0.1, -0.05) is 22.9 Å². The number of aliphatic hydroxyl groups excluding tert-OH is 1. The molecule has 0 saturated carbocycles. The van der Waals surface area contributed by atoms with Gasteiger partial charge in [0.15, 0.2) is 5.13 Å². The van der Waals surface area contributed by atoms with Crippen LogP contribution in [0.25, 0.3) is 10.2 Å². The van der Waals surface area contributed by atoms with Crippen molar-refractivity contribution in [3.8, 4) is 5.75 Å². The number of hydrogen-bond donors (Lipinski definition) is 1. The molecule has 1 atom stereocenters. The zero-order chi connectivity index (χ0) is 21.8. The molecule has 1 N–H and O–H groups in total. The van der Waals surface area contributed by atoms with E-state index in [1.165, 1.54) is 12.1 Å². The Morgan fingerprint density at radius 1 is 1.19 bits per heavy atom. The zero-order valence-corrected chi connectivity index (χ0v) is 18.4. The molecular weight excluding hydrogens is 440 g/mol. The van der Waals surface area contributed by atoms with E-state index in [4.69, 9.17) is 21.3 Å². The summed E-state index contributed by atoms with van der Waals surface area (Å²) in [5.41, 5.74) is 0.975. The quantitative estimate of drug-likeness (QED) is 0.421. The van der Waals surface area contributed by atoms with E-state index >= 15 is 0 Å². The third-order valence-electron chi connectivity index (χ3n) is 5.16. The van der Waals surface area contributed by atoms with Crippen LogP contribution in [0.4, 0.5) is 10.8 Å². The SMILES string of the molecule is O=[N+]([O-])c1ccc(OC[C@H](O)CN2CCCN(c3nc4ccc(Cl)cc4s3)CC2)cc1. The van der Waals surface area contributed by atoms with Crippen molar-refractivity contribution in [3.05, 3.63) is 57.6 Å². The van der Waals surface area contributed by atoms with Crippen LogP contribution in [0, 0.1) is 10.1 Å². The van der Waals surface area contributed by atoms with Gasteiger partial charge in [-0.2, -0.15) is 0 Å². The maximum absolute atomic E-state index is 10.7. The van der Waals surface area contributed by atoms with Gasteiger partial charge in [-0.3, -0.25) is 15.0 Å². The largest absolute Gasteiger partial charge is 0.491 e. The van der Waals surface area contributed by atoms with Crippen LogP contribution in [0.1, 0.15) is 6.42 Å². The minimum atomic E-state index is -0.647. The molecule has 8 nitrogen and oxygen atoms in total. The van der Waals surface area contributed by atoms with E-state index in [9.17, 15) is 15.2 Å². The maximum Gasteiger partial charge on any atom is 0.269 e. The van der Waals surface area contributed by atoms with Gasteiger partial charge in [0.2, 0.25) is 0 Å². The van der Waals surface area contributed by atoms with E-state index in [1.54, 1.807) is 23.5 Å². The highest BCUT2D eigenvalue weighted by Crippen LogP contribution is 2.31. The number of non-ortho nitro benzene ring substituents is 1. The van der Waals surface area contributed by atoms with E-state index < -0.39 is 11.0 Å². The number of hydrogen-bond acceptors (Lipinski definition) is 8. The van der Waals surface area contributed by atoms with E-state index in [2.05, 4.69) is 9.80 Å². The summed E-state index contributed by atoms with van der Waals surface area (Å²) in [4.78, 5) is 19.5. The van der Waals surface area contributed by atoms with E-state index in [-0.39, 0.29) is 12.3 Å². The molecule has 2 heterocycles. The molecule has 0 unspecified atom stereocenters. The Hall–Kier alpha value is -2.46. The normalized spacial score (nSPS) is 16.3. The second-order valence-electron chi connectivity index (χ2n) is 7.47. The van der Waals surface area contributed by atoms with Crippen molar-refractivity contribution in [3.63, 3.8) is 0 Å². The molecule has 1 fully saturated rings. The maximum atomic E-state index is 10.7. The van der Waals surface area contributed by atoms with Crippen LogP contribution in [0.5, 0.6) is 5.75 Å². The van der Waals surface area contributed by atoms with Crippen molar-refractivity contribution in [2.75, 3.05) is 44.2 Å². The van der Waals surface area contributed by atoms with Crippen LogP contribution in [0.15, 0.2) is 42.5 Å². The molecule has 0 spiro atoms. The lowest BCUT2D eigenvalue weighted by atomic mass is 10.3. The van der Waals surface area contributed by atoms with Crippen LogP contribution in [-0.2, 0) is 0 Å². The predicted octanol–water partition coefficient (Wildman–Crippen LogP) is 3.81. The number of nitrogens with zero attached hydrogens (tertiary/aromatic N) is 4. The van der Waals surface area contributed by atoms with Crippen LogP contribution < -0.4 is 9.64 Å². The number of benzene rings is 2. The highest BCUT2D eigenvalue weighted by atomic mass is 35.5. The second kappa shape index (κ2) is 9.78. The fraction of sp³-hybridized carbons (Fsp3) is 0.381. The number of thiazole rings is 1. The van der Waals surface area contributed by atoms with Gasteiger partial charge in [0, 0.05) is 43.3 Å². The van der Waals surface area contributed by atoms with Gasteiger partial charge in [-0.25, -0.2) is 4.98 Å². The number of nitro groups is 1. The van der Waals surface area contributed by atoms with Gasteiger partial charge in [0.25, 0.3) is 5.69 Å². The highest BCUT2D eigenvalue weighted by Gasteiger charge is 2.20. The lowest BCUT2D eigenvalue weighted by Crippen LogP contribution is -2.38. The number of ether oxygens (including phenoxy) is 1. The molecule has 0 aliphatic carbocycles. The van der Waals surface area contributed by atoms with Crippen LogP contribution in [0.2, 0.25) is 5.02 Å². The number of β-amino-alcohol motifs (C(OH)–C–C–N with tert-alkyl or cyclic N) is 1. The zero-order valence-electron chi connectivity index (χ0n) is 16.8. The predicted molar refractivity (Wildman–Crippen MR) is 122 cm³/mol. The molecule has 0 amide bonds. The third kappa shape index (κ3) is 5.62. The summed E-state index contributed by atoms with van der Waals surface area (Å²) in [6, 6.07) is 11.6. The van der Waals surface area contributed by atoms with Crippen molar-refractivity contribution in [2.45, 2.75) is 12.5 Å². The fourth-order valence-electron chi connectivity index (χ4n) is 3.57. The minimum Gasteiger partial charge on any atom is -0.491 e. The Morgan fingerprint density at radius 2 is 2.00 bits per heavy atom. The molecular formula is C21H23ClN4O4S. The first-order valence-corrected chi connectivity index (χ1v) is 11.3. The number of anilines is 1. The van der Waals surface area contributed by atoms with Gasteiger partial charge in [-0.05, 0) is 43.3 Å². The molecule has 164 valence electrons. The molecule has 2 aromatic carbocycles. The summed E-state index contributed by atoms with van der Waals surface area (Å²) in [6.07, 6.45) is 0.332. The molecule has 1 aliphatic rings. The molecule has 0 radical (unpaired) electrons. The molecule has 1 saturated heterocycles. The van der Waals surface area contributed by atoms with Crippen molar-refractivity contribution in [1.29, 1.82) is 0 Å². The van der Waals surface area contributed by atoms with Crippen molar-refractivity contribution in [1.82, 2.24) is 9.88 Å². The molecule has 1 aromatic heterocycles. The summed E-state index contributed by atoms with van der Waals surface area (Å²) in [7, 11) is 0. The van der Waals surface area contributed by atoms with Gasteiger partial charge < -0.3 is 14.7 Å². The molecule has 4 rings (SSSR count). The number of fused-ring (bicyclic) bond motifs is 1. The summed E-state index contributed by atoms with van der Waals surface area (Å²) < 4.78 is 6.67.